The number of pyridine rings is 1. The van der Waals surface area contributed by atoms with Crippen LogP contribution in [0.5, 0.6) is 0 Å². The van der Waals surface area contributed by atoms with Crippen molar-refractivity contribution in [3.63, 3.8) is 0 Å². The Labute approximate surface area is 179 Å². The largest absolute Gasteiger partial charge is 0.369 e. The molecule has 1 amide bonds. The average Bonchev–Trinajstić information content (AvgIpc) is 3.05. The first-order chi connectivity index (χ1) is 14.5. The molecule has 0 saturated heterocycles. The molecule has 0 saturated carbocycles. The molecule has 0 bridgehead atoms. The van der Waals surface area contributed by atoms with E-state index in [4.69, 9.17) is 0 Å². The number of fused-ring (bicyclic) bond motifs is 1. The molecular formula is C23H23N5OS. The van der Waals surface area contributed by atoms with Gasteiger partial charge in [0.2, 0.25) is 5.91 Å². The smallest absolute Gasteiger partial charge is 0.227 e. The lowest BCUT2D eigenvalue weighted by molar-refractivity contribution is -0.116. The summed E-state index contributed by atoms with van der Waals surface area (Å²) in [7, 11) is 0. The number of benzene rings is 1. The first kappa shape index (κ1) is 20.0. The number of thiophene rings is 1. The molecule has 0 spiro atoms. The van der Waals surface area contributed by atoms with Crippen molar-refractivity contribution >= 4 is 39.1 Å². The first-order valence-electron chi connectivity index (χ1n) is 9.79. The lowest BCUT2D eigenvalue weighted by Gasteiger charge is -2.10. The molecule has 3 aromatic heterocycles. The molecule has 0 aliphatic heterocycles. The third-order valence-electron chi connectivity index (χ3n) is 4.83. The summed E-state index contributed by atoms with van der Waals surface area (Å²) in [5, 5.41) is 7.16. The maximum Gasteiger partial charge on any atom is 0.227 e. The third-order valence-corrected chi connectivity index (χ3v) is 5.85. The second-order valence-electron chi connectivity index (χ2n) is 7.25. The molecule has 0 aliphatic carbocycles. The van der Waals surface area contributed by atoms with E-state index in [1.165, 1.54) is 10.4 Å². The summed E-state index contributed by atoms with van der Waals surface area (Å²) in [6, 6.07) is 12.2. The Kier molecular flexibility index (Phi) is 5.72. The van der Waals surface area contributed by atoms with Crippen LogP contribution in [0.2, 0.25) is 0 Å². The number of aryl methyl sites for hydroxylation is 3. The van der Waals surface area contributed by atoms with Crippen molar-refractivity contribution < 1.29 is 4.79 Å². The molecule has 4 rings (SSSR count). The van der Waals surface area contributed by atoms with E-state index >= 15 is 0 Å². The topological polar surface area (TPSA) is 79.8 Å². The van der Waals surface area contributed by atoms with Gasteiger partial charge in [0.1, 0.15) is 22.8 Å². The molecule has 30 heavy (non-hydrogen) atoms. The van der Waals surface area contributed by atoms with Gasteiger partial charge in [-0.25, -0.2) is 15.0 Å². The minimum Gasteiger partial charge on any atom is -0.369 e. The maximum atomic E-state index is 12.3. The van der Waals surface area contributed by atoms with Gasteiger partial charge in [0.05, 0.1) is 5.39 Å². The van der Waals surface area contributed by atoms with Crippen LogP contribution in [0, 0.1) is 20.8 Å². The van der Waals surface area contributed by atoms with E-state index in [2.05, 4.69) is 63.7 Å². The minimum absolute atomic E-state index is 0.0915. The summed E-state index contributed by atoms with van der Waals surface area (Å²) >= 11 is 1.66. The molecule has 152 valence electrons. The van der Waals surface area contributed by atoms with Crippen molar-refractivity contribution in [1.82, 2.24) is 15.0 Å². The molecular weight excluding hydrogens is 394 g/mol. The number of nitrogens with zero attached hydrogens (tertiary/aromatic N) is 3. The molecule has 4 aromatic rings. The van der Waals surface area contributed by atoms with Crippen LogP contribution in [0.4, 0.5) is 11.6 Å². The van der Waals surface area contributed by atoms with Crippen LogP contribution in [0.15, 0.2) is 48.9 Å². The van der Waals surface area contributed by atoms with Crippen molar-refractivity contribution in [2.24, 2.45) is 0 Å². The fourth-order valence-electron chi connectivity index (χ4n) is 3.35. The highest BCUT2D eigenvalue weighted by Gasteiger charge is 2.16. The van der Waals surface area contributed by atoms with Crippen molar-refractivity contribution in [3.8, 4) is 11.1 Å². The predicted molar refractivity (Wildman–Crippen MR) is 123 cm³/mol. The Morgan fingerprint density at radius 2 is 1.80 bits per heavy atom. The molecule has 0 unspecified atom stereocenters. The molecule has 0 aliphatic rings. The van der Waals surface area contributed by atoms with E-state index < -0.39 is 0 Å². The van der Waals surface area contributed by atoms with Crippen molar-refractivity contribution in [2.75, 3.05) is 17.2 Å². The maximum absolute atomic E-state index is 12.3. The normalized spacial score (nSPS) is 10.9. The van der Waals surface area contributed by atoms with Gasteiger partial charge in [0.15, 0.2) is 0 Å². The van der Waals surface area contributed by atoms with Crippen molar-refractivity contribution in [1.29, 1.82) is 0 Å². The van der Waals surface area contributed by atoms with E-state index in [1.807, 2.05) is 19.1 Å². The number of amides is 1. The Morgan fingerprint density at radius 1 is 1.00 bits per heavy atom. The summed E-state index contributed by atoms with van der Waals surface area (Å²) in [6.45, 7) is 6.61. The van der Waals surface area contributed by atoms with Gasteiger partial charge >= 0.3 is 0 Å². The number of nitrogens with one attached hydrogen (secondary N) is 2. The zero-order chi connectivity index (χ0) is 21.1. The van der Waals surface area contributed by atoms with E-state index in [1.54, 1.807) is 23.9 Å². The van der Waals surface area contributed by atoms with Crippen LogP contribution in [0.25, 0.3) is 21.3 Å². The number of hydrogen-bond acceptors (Lipinski definition) is 6. The van der Waals surface area contributed by atoms with Crippen LogP contribution in [-0.4, -0.2) is 27.4 Å². The monoisotopic (exact) mass is 417 g/mol. The third kappa shape index (κ3) is 4.31. The zero-order valence-corrected chi connectivity index (χ0v) is 18.0. The molecule has 2 N–H and O–H groups in total. The number of carbonyl (C=O) groups excluding carboxylic acids is 1. The number of anilines is 2. The van der Waals surface area contributed by atoms with Crippen LogP contribution in [0.3, 0.4) is 0 Å². The SMILES string of the molecule is Cc1ccc(-c2c(C)sc3ncnc(NCCC(=O)Nc4cc(C)ccn4)c23)cc1. The summed E-state index contributed by atoms with van der Waals surface area (Å²) < 4.78 is 0. The lowest BCUT2D eigenvalue weighted by Crippen LogP contribution is -2.17. The van der Waals surface area contributed by atoms with E-state index in [0.29, 0.717) is 18.8 Å². The Hall–Kier alpha value is -3.32. The molecule has 0 atom stereocenters. The summed E-state index contributed by atoms with van der Waals surface area (Å²) in [4.78, 5) is 27.5. The fraction of sp³-hybridized carbons (Fsp3) is 0.217. The Bertz CT molecular complexity index is 1200. The van der Waals surface area contributed by atoms with E-state index in [-0.39, 0.29) is 5.91 Å². The van der Waals surface area contributed by atoms with Gasteiger partial charge in [-0.05, 0) is 44.0 Å². The van der Waals surface area contributed by atoms with Crippen LogP contribution in [-0.2, 0) is 4.79 Å². The van der Waals surface area contributed by atoms with Crippen molar-refractivity contribution in [2.45, 2.75) is 27.2 Å². The summed E-state index contributed by atoms with van der Waals surface area (Å²) in [5.41, 5.74) is 4.56. The highest BCUT2D eigenvalue weighted by atomic mass is 32.1. The molecule has 0 radical (unpaired) electrons. The van der Waals surface area contributed by atoms with Gasteiger partial charge < -0.3 is 10.6 Å². The number of rotatable bonds is 6. The van der Waals surface area contributed by atoms with E-state index in [0.717, 1.165) is 32.7 Å². The molecule has 7 heteroatoms. The zero-order valence-electron chi connectivity index (χ0n) is 17.2. The number of carbonyl (C=O) groups is 1. The fourth-order valence-corrected chi connectivity index (χ4v) is 4.36. The summed E-state index contributed by atoms with van der Waals surface area (Å²) in [5.74, 6) is 1.23. The molecule has 6 nitrogen and oxygen atoms in total. The predicted octanol–water partition coefficient (Wildman–Crippen LogP) is 5.12. The lowest BCUT2D eigenvalue weighted by atomic mass is 10.0. The quantitative estimate of drug-likeness (QED) is 0.455. The van der Waals surface area contributed by atoms with Crippen molar-refractivity contribution in [3.05, 3.63) is 64.9 Å². The Morgan fingerprint density at radius 3 is 2.57 bits per heavy atom. The summed E-state index contributed by atoms with van der Waals surface area (Å²) in [6.07, 6.45) is 3.56. The standard InChI is InChI=1S/C23H23N5OS/c1-14-4-6-17(7-5-14)20-16(3)30-23-21(20)22(26-13-27-23)25-11-9-19(29)28-18-12-15(2)8-10-24-18/h4-8,10,12-13H,9,11H2,1-3H3,(H,24,28,29)(H,25,26,27). The van der Waals surface area contributed by atoms with E-state index in [9.17, 15) is 4.79 Å². The number of hydrogen-bond donors (Lipinski definition) is 2. The highest BCUT2D eigenvalue weighted by Crippen LogP contribution is 2.40. The van der Waals surface area contributed by atoms with Gasteiger partial charge in [0, 0.05) is 29.6 Å². The van der Waals surface area contributed by atoms with Gasteiger partial charge in [-0.3, -0.25) is 4.79 Å². The minimum atomic E-state index is -0.0915. The second kappa shape index (κ2) is 8.59. The van der Waals surface area contributed by atoms with Gasteiger partial charge in [0.25, 0.3) is 0 Å². The number of aromatic nitrogens is 3. The highest BCUT2D eigenvalue weighted by molar-refractivity contribution is 7.19. The van der Waals surface area contributed by atoms with Crippen LogP contribution in [0.1, 0.15) is 22.4 Å². The van der Waals surface area contributed by atoms with Crippen LogP contribution < -0.4 is 10.6 Å². The Balaban J connectivity index is 1.52. The van der Waals surface area contributed by atoms with Gasteiger partial charge in [-0.15, -0.1) is 11.3 Å². The van der Waals surface area contributed by atoms with Gasteiger partial charge in [-0.1, -0.05) is 29.8 Å². The molecule has 3 heterocycles. The van der Waals surface area contributed by atoms with Crippen LogP contribution >= 0.6 is 11.3 Å². The average molecular weight is 418 g/mol. The van der Waals surface area contributed by atoms with Gasteiger partial charge in [-0.2, -0.15) is 0 Å². The molecule has 1 aromatic carbocycles. The second-order valence-corrected chi connectivity index (χ2v) is 8.45. The molecule has 0 fully saturated rings. The first-order valence-corrected chi connectivity index (χ1v) is 10.6.